The van der Waals surface area contributed by atoms with E-state index in [2.05, 4.69) is 0 Å². The van der Waals surface area contributed by atoms with Crippen molar-refractivity contribution in [2.75, 3.05) is 46.6 Å². The molecule has 2 N–H and O–H groups in total. The molecule has 3 aromatic carbocycles. The number of benzene rings is 3. The van der Waals surface area contributed by atoms with Crippen LogP contribution >= 0.6 is 0 Å². The van der Waals surface area contributed by atoms with Crippen molar-refractivity contribution < 1.29 is 38.7 Å². The van der Waals surface area contributed by atoms with Crippen molar-refractivity contribution in [1.29, 1.82) is 0 Å². The van der Waals surface area contributed by atoms with Gasteiger partial charge in [-0.15, -0.1) is 0 Å². The van der Waals surface area contributed by atoms with Crippen molar-refractivity contribution >= 4 is 6.09 Å². The quantitative estimate of drug-likeness (QED) is 0.245. The molecule has 9 nitrogen and oxygen atoms in total. The lowest BCUT2D eigenvalue weighted by molar-refractivity contribution is -0.0208. The van der Waals surface area contributed by atoms with Gasteiger partial charge in [-0.25, -0.2) is 4.79 Å². The Balaban J connectivity index is 1.24. The molecule has 1 aliphatic rings. The summed E-state index contributed by atoms with van der Waals surface area (Å²) in [7, 11) is 1.65. The minimum Gasteiger partial charge on any atom is -0.496 e. The van der Waals surface area contributed by atoms with Gasteiger partial charge in [0.2, 0.25) is 0 Å². The Kier molecular flexibility index (Phi) is 11.7. The largest absolute Gasteiger partial charge is 0.496 e. The maximum atomic E-state index is 11.6. The normalized spacial score (nSPS) is 16.8. The number of methoxy groups -OCH3 is 1. The fourth-order valence-corrected chi connectivity index (χ4v) is 4.93. The molecule has 9 heteroatoms. The molecule has 2 atom stereocenters. The minimum atomic E-state index is -0.944. The second-order valence-electron chi connectivity index (χ2n) is 9.78. The molecular formula is C32H39NO8. The lowest BCUT2D eigenvalue weighted by Crippen LogP contribution is -2.46. The summed E-state index contributed by atoms with van der Waals surface area (Å²) in [6, 6.07) is 23.1. The maximum Gasteiger partial charge on any atom is 0.407 e. The first-order chi connectivity index (χ1) is 20.1. The third-order valence-corrected chi connectivity index (χ3v) is 7.11. The second kappa shape index (κ2) is 15.9. The number of para-hydroxylation sites is 2. The number of aliphatic hydroxyl groups excluding tert-OH is 1. The van der Waals surface area contributed by atoms with Gasteiger partial charge in [0, 0.05) is 30.0 Å². The van der Waals surface area contributed by atoms with E-state index in [1.807, 2.05) is 66.7 Å². The number of nitrogens with zero attached hydrogens (tertiary/aromatic N) is 1. The van der Waals surface area contributed by atoms with Crippen LogP contribution in [0.1, 0.15) is 35.4 Å². The fraction of sp³-hybridized carbons (Fsp3) is 0.406. The lowest BCUT2D eigenvalue weighted by Gasteiger charge is -2.37. The maximum absolute atomic E-state index is 11.6. The summed E-state index contributed by atoms with van der Waals surface area (Å²) >= 11 is 0. The van der Waals surface area contributed by atoms with Gasteiger partial charge in [0.1, 0.15) is 23.9 Å². The predicted octanol–water partition coefficient (Wildman–Crippen LogP) is 5.10. The summed E-state index contributed by atoms with van der Waals surface area (Å²) in [5.74, 6) is 2.26. The van der Waals surface area contributed by atoms with Crippen molar-refractivity contribution in [1.82, 2.24) is 4.90 Å². The third kappa shape index (κ3) is 8.85. The van der Waals surface area contributed by atoms with E-state index < -0.39 is 6.09 Å². The standard InChI is InChI=1S/C32H39NO8/c1-37-29-9-4-3-8-26(29)23-38-17-6-18-39-27-13-11-24(12-14-27)28-15-16-33(32(35)36)21-31(28)41-20-19-40-30-10-5-2-7-25(30)22-34/h2-5,7-14,28,31,34H,6,15-23H2,1H3,(H,35,36). The molecule has 41 heavy (non-hydrogen) atoms. The van der Waals surface area contributed by atoms with Gasteiger partial charge in [-0.1, -0.05) is 48.5 Å². The van der Waals surface area contributed by atoms with Gasteiger partial charge in [0.05, 0.1) is 52.8 Å². The van der Waals surface area contributed by atoms with E-state index >= 15 is 0 Å². The Morgan fingerprint density at radius 1 is 0.878 bits per heavy atom. The highest BCUT2D eigenvalue weighted by molar-refractivity contribution is 5.65. The SMILES string of the molecule is COc1ccccc1COCCCOc1ccc(C2CCN(C(=O)O)CC2OCCOc2ccccc2CO)cc1. The number of carbonyl (C=O) groups is 1. The second-order valence-corrected chi connectivity index (χ2v) is 9.78. The van der Waals surface area contributed by atoms with E-state index in [4.69, 9.17) is 23.7 Å². The topological polar surface area (TPSA) is 107 Å². The van der Waals surface area contributed by atoms with Crippen LogP contribution < -0.4 is 14.2 Å². The van der Waals surface area contributed by atoms with Crippen molar-refractivity contribution in [3.8, 4) is 17.2 Å². The van der Waals surface area contributed by atoms with Crippen LogP contribution in [-0.2, 0) is 22.7 Å². The average Bonchev–Trinajstić information content (AvgIpc) is 3.01. The number of hydrogen-bond acceptors (Lipinski definition) is 7. The van der Waals surface area contributed by atoms with E-state index in [9.17, 15) is 15.0 Å². The summed E-state index contributed by atoms with van der Waals surface area (Å²) in [6.07, 6.45) is 0.171. The van der Waals surface area contributed by atoms with E-state index in [0.717, 1.165) is 29.0 Å². The molecule has 1 heterocycles. The molecule has 1 fully saturated rings. The van der Waals surface area contributed by atoms with Crippen LogP contribution in [0.15, 0.2) is 72.8 Å². The zero-order valence-electron chi connectivity index (χ0n) is 23.4. The molecule has 0 radical (unpaired) electrons. The summed E-state index contributed by atoms with van der Waals surface area (Å²) in [4.78, 5) is 13.0. The van der Waals surface area contributed by atoms with Gasteiger partial charge in [-0.3, -0.25) is 0 Å². The molecule has 4 rings (SSSR count). The lowest BCUT2D eigenvalue weighted by atomic mass is 9.87. The molecule has 0 aromatic heterocycles. The van der Waals surface area contributed by atoms with E-state index in [1.54, 1.807) is 13.2 Å². The number of ether oxygens (including phenoxy) is 5. The number of likely N-dealkylation sites (tertiary alicyclic amines) is 1. The third-order valence-electron chi connectivity index (χ3n) is 7.11. The van der Waals surface area contributed by atoms with Crippen LogP contribution in [0.3, 0.4) is 0 Å². The van der Waals surface area contributed by atoms with Crippen LogP contribution in [0.25, 0.3) is 0 Å². The van der Waals surface area contributed by atoms with Gasteiger partial charge >= 0.3 is 6.09 Å². The van der Waals surface area contributed by atoms with Crippen molar-refractivity contribution in [2.24, 2.45) is 0 Å². The molecular weight excluding hydrogens is 526 g/mol. The van der Waals surface area contributed by atoms with Gasteiger partial charge in [-0.05, 0) is 36.2 Å². The minimum absolute atomic E-state index is 0.0488. The van der Waals surface area contributed by atoms with E-state index in [0.29, 0.717) is 63.9 Å². The number of amides is 1. The van der Waals surface area contributed by atoms with Crippen LogP contribution in [0, 0.1) is 0 Å². The number of carboxylic acid groups (broad SMARTS) is 1. The highest BCUT2D eigenvalue weighted by atomic mass is 16.5. The fourth-order valence-electron chi connectivity index (χ4n) is 4.93. The summed E-state index contributed by atoms with van der Waals surface area (Å²) < 4.78 is 29.0. The molecule has 0 saturated carbocycles. The summed E-state index contributed by atoms with van der Waals surface area (Å²) in [5, 5.41) is 19.0. The van der Waals surface area contributed by atoms with Crippen molar-refractivity contribution in [2.45, 2.75) is 38.1 Å². The van der Waals surface area contributed by atoms with Gasteiger partial charge in [-0.2, -0.15) is 0 Å². The first-order valence-electron chi connectivity index (χ1n) is 13.9. The van der Waals surface area contributed by atoms with E-state index in [1.165, 1.54) is 4.90 Å². The monoisotopic (exact) mass is 565 g/mol. The molecule has 0 bridgehead atoms. The highest BCUT2D eigenvalue weighted by Crippen LogP contribution is 2.32. The predicted molar refractivity (Wildman–Crippen MR) is 154 cm³/mol. The van der Waals surface area contributed by atoms with Crippen LogP contribution in [0.5, 0.6) is 17.2 Å². The Labute approximate surface area is 241 Å². The smallest absolute Gasteiger partial charge is 0.407 e. The Hall–Kier alpha value is -3.79. The molecule has 1 saturated heterocycles. The van der Waals surface area contributed by atoms with Gasteiger partial charge in [0.15, 0.2) is 0 Å². The number of piperidine rings is 1. The Bertz CT molecular complexity index is 1220. The first kappa shape index (κ1) is 30.2. The molecule has 1 amide bonds. The molecule has 220 valence electrons. The molecule has 0 aliphatic carbocycles. The first-order valence-corrected chi connectivity index (χ1v) is 13.9. The van der Waals surface area contributed by atoms with Gasteiger partial charge < -0.3 is 38.8 Å². The number of hydrogen-bond donors (Lipinski definition) is 2. The van der Waals surface area contributed by atoms with Crippen LogP contribution in [0.2, 0.25) is 0 Å². The van der Waals surface area contributed by atoms with Crippen molar-refractivity contribution in [3.63, 3.8) is 0 Å². The molecule has 2 unspecified atom stereocenters. The summed E-state index contributed by atoms with van der Waals surface area (Å²) in [5.41, 5.74) is 2.81. The Morgan fingerprint density at radius 3 is 2.34 bits per heavy atom. The van der Waals surface area contributed by atoms with Crippen LogP contribution in [-0.4, -0.2) is 73.9 Å². The average molecular weight is 566 g/mol. The molecule has 1 aliphatic heterocycles. The molecule has 0 spiro atoms. The van der Waals surface area contributed by atoms with Gasteiger partial charge in [0.25, 0.3) is 0 Å². The highest BCUT2D eigenvalue weighted by Gasteiger charge is 2.33. The zero-order chi connectivity index (χ0) is 28.9. The van der Waals surface area contributed by atoms with Crippen LogP contribution in [0.4, 0.5) is 4.79 Å². The summed E-state index contributed by atoms with van der Waals surface area (Å²) in [6.45, 7) is 2.84. The Morgan fingerprint density at radius 2 is 1.61 bits per heavy atom. The number of aliphatic hydroxyl groups is 1. The molecule has 3 aromatic rings. The number of rotatable bonds is 15. The zero-order valence-corrected chi connectivity index (χ0v) is 23.4. The van der Waals surface area contributed by atoms with Crippen molar-refractivity contribution in [3.05, 3.63) is 89.5 Å². The van der Waals surface area contributed by atoms with E-state index in [-0.39, 0.29) is 18.6 Å².